The fourth-order valence-electron chi connectivity index (χ4n) is 8.51. The van der Waals surface area contributed by atoms with Gasteiger partial charge in [-0.05, 0) is 93.8 Å². The van der Waals surface area contributed by atoms with Gasteiger partial charge >= 0.3 is 5.97 Å². The maximum Gasteiger partial charge on any atom is 0.311 e. The number of hydrogen-bond acceptors (Lipinski definition) is 13. The summed E-state index contributed by atoms with van der Waals surface area (Å²) < 4.78 is 31.7. The summed E-state index contributed by atoms with van der Waals surface area (Å²) in [5.74, 6) is -2.57. The van der Waals surface area contributed by atoms with Crippen molar-refractivity contribution in [2.24, 2.45) is 23.7 Å². The SMILES string of the molecule is CCC1OC(=O)[C@H](C)[C@@H](O[C@H]2C[C@@H](C)[C@@H](O)[C@H](C)O2)[C@H](C)[C@@H](O[C@@H]2O[C@H](C)C[C@H](N(C)C)[C@H]2O)[C@](C)(O)C[C@@H](C)CN(C)[C@H](C)[C@@H](O)[C@]1(C)O. The van der Waals surface area contributed by atoms with Gasteiger partial charge in [0.15, 0.2) is 12.6 Å². The third-order valence-electron chi connectivity index (χ3n) is 11.7. The number of carbonyl (C=O) groups is 1. The average molecular weight is 719 g/mol. The molecule has 1 unspecified atom stereocenters. The van der Waals surface area contributed by atoms with Crippen LogP contribution in [0.2, 0.25) is 0 Å². The van der Waals surface area contributed by atoms with Crippen molar-refractivity contribution < 1.29 is 54.0 Å². The van der Waals surface area contributed by atoms with E-state index in [2.05, 4.69) is 0 Å². The van der Waals surface area contributed by atoms with E-state index in [1.165, 1.54) is 6.92 Å². The smallest absolute Gasteiger partial charge is 0.311 e. The summed E-state index contributed by atoms with van der Waals surface area (Å²) >= 11 is 0. The van der Waals surface area contributed by atoms with Crippen LogP contribution in [0.4, 0.5) is 0 Å². The second-order valence-corrected chi connectivity index (χ2v) is 16.7. The zero-order valence-electron chi connectivity index (χ0n) is 32.9. The van der Waals surface area contributed by atoms with Gasteiger partial charge < -0.3 is 59.0 Å². The predicted molar refractivity (Wildman–Crippen MR) is 188 cm³/mol. The highest BCUT2D eigenvalue weighted by atomic mass is 16.7. The van der Waals surface area contributed by atoms with Gasteiger partial charge in [0.1, 0.15) is 23.9 Å². The van der Waals surface area contributed by atoms with Gasteiger partial charge in [0, 0.05) is 31.0 Å². The molecule has 3 fully saturated rings. The van der Waals surface area contributed by atoms with Crippen LogP contribution in [-0.2, 0) is 28.5 Å². The Morgan fingerprint density at radius 3 is 2.12 bits per heavy atom. The summed E-state index contributed by atoms with van der Waals surface area (Å²) in [5, 5.41) is 57.6. The van der Waals surface area contributed by atoms with Gasteiger partial charge in [-0.1, -0.05) is 27.7 Å². The molecular weight excluding hydrogens is 648 g/mol. The Morgan fingerprint density at radius 2 is 1.56 bits per heavy atom. The number of aliphatic hydroxyl groups excluding tert-OH is 3. The van der Waals surface area contributed by atoms with Crippen LogP contribution < -0.4 is 0 Å². The summed E-state index contributed by atoms with van der Waals surface area (Å²) in [4.78, 5) is 18.0. The van der Waals surface area contributed by atoms with Crippen LogP contribution in [0.25, 0.3) is 0 Å². The van der Waals surface area contributed by atoms with E-state index in [4.69, 9.17) is 23.7 Å². The lowest BCUT2D eigenvalue weighted by Crippen LogP contribution is -2.59. The summed E-state index contributed by atoms with van der Waals surface area (Å²) in [7, 11) is 5.63. The summed E-state index contributed by atoms with van der Waals surface area (Å²) in [6.07, 6.45) is -7.11. The van der Waals surface area contributed by atoms with Crippen molar-refractivity contribution in [1.82, 2.24) is 9.80 Å². The molecule has 0 aromatic heterocycles. The molecule has 0 aromatic carbocycles. The number of cyclic esters (lactones) is 1. The van der Waals surface area contributed by atoms with E-state index < -0.39 is 90.4 Å². The van der Waals surface area contributed by atoms with E-state index in [0.29, 0.717) is 19.4 Å². The molecule has 0 saturated carbocycles. The minimum atomic E-state index is -1.78. The van der Waals surface area contributed by atoms with E-state index in [9.17, 15) is 30.3 Å². The van der Waals surface area contributed by atoms with Gasteiger partial charge in [0.2, 0.25) is 0 Å². The van der Waals surface area contributed by atoms with Crippen molar-refractivity contribution in [2.75, 3.05) is 27.7 Å². The molecule has 5 N–H and O–H groups in total. The standard InChI is InChI=1S/C37H70N2O11/c1-14-27-37(10,45)32(42)24(7)39(13)18-19(2)17-36(9,44)33(50-35-30(41)26(38(11)12)16-21(4)46-35)22(5)31(23(6)34(43)48-27)49-28-15-20(3)29(40)25(8)47-28/h19-33,35,40-42,44-45H,14-18H2,1-13H3/t19-,20-,21-,22+,23-,24-,25+,26+,27?,28+,29-,30-,31+,32-,33-,35+,36-,37-/m1/s1. The van der Waals surface area contributed by atoms with Crippen LogP contribution in [0, 0.1) is 23.7 Å². The summed E-state index contributed by atoms with van der Waals surface area (Å²) in [5.41, 5.74) is -3.30. The molecule has 294 valence electrons. The Kier molecular flexibility index (Phi) is 15.2. The average Bonchev–Trinajstić information content (AvgIpc) is 3.02. The van der Waals surface area contributed by atoms with Crippen LogP contribution >= 0.6 is 0 Å². The molecule has 50 heavy (non-hydrogen) atoms. The lowest BCUT2D eigenvalue weighted by atomic mass is 9.77. The maximum absolute atomic E-state index is 14.1. The first kappa shape index (κ1) is 43.4. The Bertz CT molecular complexity index is 1070. The fraction of sp³-hybridized carbons (Fsp3) is 0.973. The highest BCUT2D eigenvalue weighted by molar-refractivity contribution is 5.73. The largest absolute Gasteiger partial charge is 0.459 e. The van der Waals surface area contributed by atoms with Crippen LogP contribution in [-0.4, -0.2) is 154 Å². The van der Waals surface area contributed by atoms with Crippen molar-refractivity contribution >= 4 is 5.97 Å². The zero-order chi connectivity index (χ0) is 38.0. The van der Waals surface area contributed by atoms with Crippen LogP contribution in [0.3, 0.4) is 0 Å². The van der Waals surface area contributed by atoms with Crippen molar-refractivity contribution in [3.63, 3.8) is 0 Å². The lowest BCUT2D eigenvalue weighted by molar-refractivity contribution is -0.309. The minimum Gasteiger partial charge on any atom is -0.459 e. The minimum absolute atomic E-state index is 0.120. The molecule has 3 aliphatic rings. The van der Waals surface area contributed by atoms with Gasteiger partial charge in [-0.2, -0.15) is 0 Å². The van der Waals surface area contributed by atoms with Gasteiger partial charge in [0.25, 0.3) is 0 Å². The van der Waals surface area contributed by atoms with Gasteiger partial charge in [0.05, 0.1) is 42.0 Å². The first-order chi connectivity index (χ1) is 23.0. The number of hydrogen-bond donors (Lipinski definition) is 5. The molecule has 0 amide bonds. The molecule has 0 spiro atoms. The molecule has 3 aliphatic heterocycles. The number of ether oxygens (including phenoxy) is 5. The Hall–Kier alpha value is -0.970. The monoisotopic (exact) mass is 718 g/mol. The summed E-state index contributed by atoms with van der Waals surface area (Å²) in [6, 6.07) is -0.774. The fourth-order valence-corrected chi connectivity index (χ4v) is 8.51. The normalized spacial score (nSPS) is 49.6. The third kappa shape index (κ3) is 9.96. The molecule has 3 heterocycles. The molecule has 13 nitrogen and oxygen atoms in total. The Labute approximate surface area is 300 Å². The van der Waals surface area contributed by atoms with Gasteiger partial charge in [-0.3, -0.25) is 4.79 Å². The lowest BCUT2D eigenvalue weighted by Gasteiger charge is -2.48. The highest BCUT2D eigenvalue weighted by Gasteiger charge is 2.51. The van der Waals surface area contributed by atoms with Crippen molar-refractivity contribution in [3.05, 3.63) is 0 Å². The van der Waals surface area contributed by atoms with E-state index in [0.717, 1.165) is 0 Å². The molecule has 0 radical (unpaired) electrons. The molecule has 18 atom stereocenters. The molecule has 0 aromatic rings. The number of nitrogens with zero attached hydrogens (tertiary/aromatic N) is 2. The molecular formula is C37H70N2O11. The van der Waals surface area contributed by atoms with Crippen LogP contribution in [0.1, 0.15) is 94.9 Å². The second kappa shape index (κ2) is 17.4. The van der Waals surface area contributed by atoms with Crippen molar-refractivity contribution in [3.8, 4) is 0 Å². The molecule has 0 aliphatic carbocycles. The van der Waals surface area contributed by atoms with Crippen LogP contribution in [0.5, 0.6) is 0 Å². The highest BCUT2D eigenvalue weighted by Crippen LogP contribution is 2.39. The predicted octanol–water partition coefficient (Wildman–Crippen LogP) is 2.13. The van der Waals surface area contributed by atoms with Crippen LogP contribution in [0.15, 0.2) is 0 Å². The maximum atomic E-state index is 14.1. The first-order valence-electron chi connectivity index (χ1n) is 18.7. The van der Waals surface area contributed by atoms with E-state index in [-0.39, 0.29) is 36.8 Å². The topological polar surface area (TPSA) is 171 Å². The summed E-state index contributed by atoms with van der Waals surface area (Å²) in [6.45, 7) is 18.4. The van der Waals surface area contributed by atoms with E-state index in [1.807, 2.05) is 65.6 Å². The molecule has 13 heteroatoms. The quantitative estimate of drug-likeness (QED) is 0.254. The third-order valence-corrected chi connectivity index (χ3v) is 11.7. The van der Waals surface area contributed by atoms with Crippen molar-refractivity contribution in [2.45, 2.75) is 180 Å². The number of aliphatic hydroxyl groups is 5. The van der Waals surface area contributed by atoms with Gasteiger partial charge in [-0.25, -0.2) is 0 Å². The van der Waals surface area contributed by atoms with E-state index in [1.54, 1.807) is 27.7 Å². The Morgan fingerprint density at radius 1 is 0.940 bits per heavy atom. The van der Waals surface area contributed by atoms with E-state index >= 15 is 0 Å². The molecule has 0 bridgehead atoms. The second-order valence-electron chi connectivity index (χ2n) is 16.7. The molecule has 3 saturated heterocycles. The number of carbonyl (C=O) groups excluding carboxylic acids is 1. The Balaban J connectivity index is 2.14. The number of esters is 1. The van der Waals surface area contributed by atoms with Gasteiger partial charge in [-0.15, -0.1) is 0 Å². The van der Waals surface area contributed by atoms with Crippen molar-refractivity contribution in [1.29, 1.82) is 0 Å². The number of rotatable bonds is 6. The zero-order valence-corrected chi connectivity index (χ0v) is 32.9. The first-order valence-corrected chi connectivity index (χ1v) is 18.7. The number of likely N-dealkylation sites (N-methyl/N-ethyl adjacent to an activating group) is 2. The molecule has 3 rings (SSSR count).